The molecule has 0 saturated carbocycles. The fraction of sp³-hybridized carbons (Fsp3) is 0.500. The minimum absolute atomic E-state index is 0.0405. The molecular formula is C8H10BrF. The highest BCUT2D eigenvalue weighted by Crippen LogP contribution is 2.34. The molecule has 0 saturated heterocycles. The van der Waals surface area contributed by atoms with Crippen LogP contribution in [0.15, 0.2) is 24.1 Å². The Balaban J connectivity index is 2.71. The maximum absolute atomic E-state index is 12.6. The summed E-state index contributed by atoms with van der Waals surface area (Å²) in [6.07, 6.45) is 6.67. The van der Waals surface area contributed by atoms with Gasteiger partial charge in [0.2, 0.25) is 0 Å². The molecule has 0 nitrogen and oxygen atoms in total. The van der Waals surface area contributed by atoms with Gasteiger partial charge in [0.1, 0.15) is 5.83 Å². The second-order valence-electron chi connectivity index (χ2n) is 2.54. The van der Waals surface area contributed by atoms with E-state index >= 15 is 0 Å². The Bertz CT molecular complexity index is 184. The molecule has 1 atom stereocenters. The van der Waals surface area contributed by atoms with E-state index in [0.29, 0.717) is 6.42 Å². The molecule has 10 heavy (non-hydrogen) atoms. The summed E-state index contributed by atoms with van der Waals surface area (Å²) in [7, 11) is 0. The maximum atomic E-state index is 12.6. The van der Waals surface area contributed by atoms with Gasteiger partial charge < -0.3 is 0 Å². The molecule has 1 aliphatic carbocycles. The van der Waals surface area contributed by atoms with Crippen molar-refractivity contribution in [1.29, 1.82) is 0 Å². The van der Waals surface area contributed by atoms with Gasteiger partial charge in [-0.2, -0.15) is 0 Å². The Hall–Kier alpha value is -0.110. The number of rotatable bonds is 1. The van der Waals surface area contributed by atoms with Gasteiger partial charge in [-0.1, -0.05) is 35.0 Å². The van der Waals surface area contributed by atoms with Crippen LogP contribution in [0.1, 0.15) is 19.8 Å². The molecule has 0 amide bonds. The maximum Gasteiger partial charge on any atom is 0.102 e. The molecule has 1 rings (SSSR count). The van der Waals surface area contributed by atoms with Crippen molar-refractivity contribution in [1.82, 2.24) is 0 Å². The fourth-order valence-electron chi connectivity index (χ4n) is 0.966. The Kier molecular flexibility index (Phi) is 2.29. The summed E-state index contributed by atoms with van der Waals surface area (Å²) in [5.41, 5.74) is 0. The van der Waals surface area contributed by atoms with Gasteiger partial charge in [0.05, 0.1) is 0 Å². The first-order chi connectivity index (χ1) is 4.66. The van der Waals surface area contributed by atoms with Crippen LogP contribution in [0.2, 0.25) is 0 Å². The monoisotopic (exact) mass is 204 g/mol. The summed E-state index contributed by atoms with van der Waals surface area (Å²) in [5, 5.41) is 0. The van der Waals surface area contributed by atoms with Crippen molar-refractivity contribution in [2.45, 2.75) is 24.1 Å². The largest absolute Gasteiger partial charge is 0.212 e. The number of hydrogen-bond donors (Lipinski definition) is 0. The minimum atomic E-state index is -0.119. The van der Waals surface area contributed by atoms with Crippen LogP contribution in [0.25, 0.3) is 0 Å². The highest BCUT2D eigenvalue weighted by atomic mass is 79.9. The van der Waals surface area contributed by atoms with Crippen LogP contribution in [0.5, 0.6) is 0 Å². The number of allylic oxidation sites excluding steroid dienone is 4. The van der Waals surface area contributed by atoms with E-state index in [4.69, 9.17) is 0 Å². The quantitative estimate of drug-likeness (QED) is 0.576. The van der Waals surface area contributed by atoms with Gasteiger partial charge in [-0.15, -0.1) is 0 Å². The molecule has 0 N–H and O–H groups in total. The van der Waals surface area contributed by atoms with Gasteiger partial charge in [-0.3, -0.25) is 0 Å². The van der Waals surface area contributed by atoms with Crippen LogP contribution in [0.4, 0.5) is 4.39 Å². The van der Waals surface area contributed by atoms with Crippen LogP contribution >= 0.6 is 15.9 Å². The first kappa shape index (κ1) is 7.99. The molecular weight excluding hydrogens is 195 g/mol. The highest BCUT2D eigenvalue weighted by molar-refractivity contribution is 9.10. The molecule has 0 aromatic rings. The summed E-state index contributed by atoms with van der Waals surface area (Å²) in [6, 6.07) is 0. The van der Waals surface area contributed by atoms with E-state index in [2.05, 4.69) is 15.9 Å². The van der Waals surface area contributed by atoms with E-state index in [1.165, 1.54) is 6.08 Å². The molecule has 0 aromatic carbocycles. The molecule has 0 aromatic heterocycles. The molecule has 0 heterocycles. The number of halogens is 2. The zero-order valence-corrected chi connectivity index (χ0v) is 7.49. The van der Waals surface area contributed by atoms with Gasteiger partial charge >= 0.3 is 0 Å². The lowest BCUT2D eigenvalue weighted by atomic mass is 9.97. The predicted octanol–water partition coefficient (Wildman–Crippen LogP) is 3.34. The number of alkyl halides is 1. The van der Waals surface area contributed by atoms with Crippen LogP contribution in [0.3, 0.4) is 0 Å². The third kappa shape index (κ3) is 1.69. The SMILES string of the molecule is CCC1(Br)C=CC=C(F)C1. The van der Waals surface area contributed by atoms with Crippen molar-refractivity contribution < 1.29 is 4.39 Å². The molecule has 56 valence electrons. The zero-order chi connectivity index (χ0) is 7.61. The van der Waals surface area contributed by atoms with Crippen LogP contribution in [-0.2, 0) is 0 Å². The van der Waals surface area contributed by atoms with Crippen molar-refractivity contribution in [2.24, 2.45) is 0 Å². The lowest BCUT2D eigenvalue weighted by Crippen LogP contribution is -2.17. The van der Waals surface area contributed by atoms with E-state index in [-0.39, 0.29) is 10.2 Å². The summed E-state index contributed by atoms with van der Waals surface area (Å²) in [4.78, 5) is 0. The van der Waals surface area contributed by atoms with E-state index in [0.717, 1.165) is 6.42 Å². The molecule has 2 heteroatoms. The van der Waals surface area contributed by atoms with Crippen LogP contribution in [-0.4, -0.2) is 4.32 Å². The molecule has 0 aliphatic heterocycles. The van der Waals surface area contributed by atoms with Crippen molar-refractivity contribution in [3.63, 3.8) is 0 Å². The second kappa shape index (κ2) is 2.87. The average molecular weight is 205 g/mol. The molecule has 1 unspecified atom stereocenters. The summed E-state index contributed by atoms with van der Waals surface area (Å²) in [6.45, 7) is 2.04. The summed E-state index contributed by atoms with van der Waals surface area (Å²) in [5.74, 6) is -0.0405. The van der Waals surface area contributed by atoms with Gasteiger partial charge in [-0.05, 0) is 12.5 Å². The van der Waals surface area contributed by atoms with Crippen LogP contribution in [0, 0.1) is 0 Å². The average Bonchev–Trinajstić information content (AvgIpc) is 1.88. The summed E-state index contributed by atoms with van der Waals surface area (Å²) < 4.78 is 12.5. The van der Waals surface area contributed by atoms with Crippen molar-refractivity contribution in [3.05, 3.63) is 24.1 Å². The van der Waals surface area contributed by atoms with Crippen molar-refractivity contribution in [3.8, 4) is 0 Å². The molecule has 0 fully saturated rings. The Labute approximate surface area is 68.9 Å². The Morgan fingerprint density at radius 2 is 2.50 bits per heavy atom. The predicted molar refractivity (Wildman–Crippen MR) is 44.9 cm³/mol. The number of hydrogen-bond acceptors (Lipinski definition) is 0. The molecule has 0 bridgehead atoms. The van der Waals surface area contributed by atoms with Crippen molar-refractivity contribution >= 4 is 15.9 Å². The first-order valence-electron chi connectivity index (χ1n) is 3.39. The Morgan fingerprint density at radius 1 is 1.80 bits per heavy atom. The third-order valence-corrected chi connectivity index (χ3v) is 2.83. The third-order valence-electron chi connectivity index (χ3n) is 1.72. The Morgan fingerprint density at radius 3 is 2.90 bits per heavy atom. The summed E-state index contributed by atoms with van der Waals surface area (Å²) >= 11 is 3.47. The zero-order valence-electron chi connectivity index (χ0n) is 5.90. The van der Waals surface area contributed by atoms with Gasteiger partial charge in [-0.25, -0.2) is 4.39 Å². The lowest BCUT2D eigenvalue weighted by Gasteiger charge is -2.22. The standard InChI is InChI=1S/C8H10BrF/c1-2-8(9)5-3-4-7(10)6-8/h3-5H,2,6H2,1H3. The smallest absolute Gasteiger partial charge is 0.102 e. The van der Waals surface area contributed by atoms with Gasteiger partial charge in [0, 0.05) is 10.7 Å². The second-order valence-corrected chi connectivity index (χ2v) is 4.12. The fourth-order valence-corrected chi connectivity index (χ4v) is 1.39. The molecule has 0 radical (unpaired) electrons. The highest BCUT2D eigenvalue weighted by Gasteiger charge is 2.24. The van der Waals surface area contributed by atoms with Gasteiger partial charge in [0.15, 0.2) is 0 Å². The van der Waals surface area contributed by atoms with E-state index < -0.39 is 0 Å². The van der Waals surface area contributed by atoms with E-state index in [9.17, 15) is 4.39 Å². The lowest BCUT2D eigenvalue weighted by molar-refractivity contribution is 0.536. The molecule has 0 spiro atoms. The normalized spacial score (nSPS) is 32.1. The molecule has 1 aliphatic rings. The van der Waals surface area contributed by atoms with E-state index in [1.54, 1.807) is 6.08 Å². The van der Waals surface area contributed by atoms with E-state index in [1.807, 2.05) is 13.0 Å². The topological polar surface area (TPSA) is 0 Å². The van der Waals surface area contributed by atoms with Gasteiger partial charge in [0.25, 0.3) is 0 Å². The first-order valence-corrected chi connectivity index (χ1v) is 4.18. The van der Waals surface area contributed by atoms with Crippen LogP contribution < -0.4 is 0 Å². The van der Waals surface area contributed by atoms with Crippen molar-refractivity contribution in [2.75, 3.05) is 0 Å². The minimum Gasteiger partial charge on any atom is -0.212 e.